The van der Waals surface area contributed by atoms with Crippen molar-refractivity contribution in [1.29, 1.82) is 0 Å². The maximum atomic E-state index is 13.8. The Hall–Kier alpha value is -1.33. The fourth-order valence-corrected chi connectivity index (χ4v) is 2.30. The first-order valence-electron chi connectivity index (χ1n) is 5.97. The van der Waals surface area contributed by atoms with E-state index in [9.17, 15) is 13.6 Å². The van der Waals surface area contributed by atoms with Gasteiger partial charge in [-0.25, -0.2) is 8.78 Å². The Balaban J connectivity index is 2.24. The Bertz CT molecular complexity index is 451. The van der Waals surface area contributed by atoms with Crippen LogP contribution >= 0.6 is 0 Å². The maximum Gasteiger partial charge on any atom is 0.143 e. The molecule has 1 aromatic carbocycles. The summed E-state index contributed by atoms with van der Waals surface area (Å²) in [5.74, 6) is -1.10. The Morgan fingerprint density at radius 3 is 2.94 bits per heavy atom. The van der Waals surface area contributed by atoms with Crippen molar-refractivity contribution in [3.05, 3.63) is 35.4 Å². The van der Waals surface area contributed by atoms with Gasteiger partial charge in [0.25, 0.3) is 0 Å². The molecule has 1 saturated heterocycles. The average Bonchev–Trinajstić information content (AvgIpc) is 2.30. The zero-order valence-electron chi connectivity index (χ0n) is 10.2. The predicted molar refractivity (Wildman–Crippen MR) is 64.2 cm³/mol. The summed E-state index contributed by atoms with van der Waals surface area (Å²) in [5.41, 5.74) is 0.435. The third-order valence-electron chi connectivity index (χ3n) is 3.10. The topological polar surface area (TPSA) is 32.3 Å². The largest absolute Gasteiger partial charge is 0.314 e. The molecule has 0 radical (unpaired) electrons. The molecule has 1 N–H and O–H groups in total. The van der Waals surface area contributed by atoms with E-state index < -0.39 is 11.6 Å². The minimum atomic E-state index is -0.585. The molecule has 1 unspecified atom stereocenters. The number of halogens is 2. The van der Waals surface area contributed by atoms with Crippen molar-refractivity contribution >= 4 is 5.78 Å². The van der Waals surface area contributed by atoms with Crippen LogP contribution in [0.5, 0.6) is 0 Å². The number of carbonyl (C=O) groups excluding carboxylic acids is 1. The normalized spacial score (nSPS) is 20.9. The Labute approximate surface area is 105 Å². The molecule has 0 aliphatic carbocycles. The third-order valence-corrected chi connectivity index (χ3v) is 3.10. The van der Waals surface area contributed by atoms with E-state index in [2.05, 4.69) is 5.32 Å². The van der Waals surface area contributed by atoms with Crippen molar-refractivity contribution in [3.63, 3.8) is 0 Å². The monoisotopic (exact) mass is 254 g/mol. The highest BCUT2D eigenvalue weighted by Crippen LogP contribution is 2.25. The highest BCUT2D eigenvalue weighted by atomic mass is 19.1. The van der Waals surface area contributed by atoms with Gasteiger partial charge >= 0.3 is 0 Å². The zero-order chi connectivity index (χ0) is 13.1. The summed E-state index contributed by atoms with van der Waals surface area (Å²) in [6, 6.07) is 3.37. The molecule has 98 valence electrons. The fraction of sp³-hybridized carbons (Fsp3) is 0.462. The van der Waals surface area contributed by atoms with Gasteiger partial charge in [-0.05, 0) is 13.0 Å². The molecule has 1 atom stereocenters. The number of Topliss-reactive ketones (excluding diaryl/α,β-unsaturated/α-hetero) is 1. The summed E-state index contributed by atoms with van der Waals surface area (Å²) >= 11 is 0. The Morgan fingerprint density at radius 2 is 2.28 bits per heavy atom. The molecule has 0 bridgehead atoms. The molecular formula is C13H16F2N2O. The van der Waals surface area contributed by atoms with Gasteiger partial charge < -0.3 is 5.32 Å². The molecule has 1 aliphatic heterocycles. The van der Waals surface area contributed by atoms with Gasteiger partial charge in [0.05, 0.1) is 12.6 Å². The van der Waals surface area contributed by atoms with Crippen LogP contribution in [0.1, 0.15) is 18.5 Å². The average molecular weight is 254 g/mol. The van der Waals surface area contributed by atoms with Gasteiger partial charge in [-0.15, -0.1) is 0 Å². The number of hydrogen-bond donors (Lipinski definition) is 1. The Morgan fingerprint density at radius 1 is 1.50 bits per heavy atom. The van der Waals surface area contributed by atoms with E-state index in [1.54, 1.807) is 0 Å². The number of ketones is 1. The summed E-state index contributed by atoms with van der Waals surface area (Å²) in [5, 5.41) is 3.16. The second kappa shape index (κ2) is 5.54. The molecule has 2 rings (SSSR count). The molecule has 3 nitrogen and oxygen atoms in total. The minimum absolute atomic E-state index is 0.0458. The van der Waals surface area contributed by atoms with Crippen LogP contribution in [0.2, 0.25) is 0 Å². The molecule has 5 heteroatoms. The van der Waals surface area contributed by atoms with Crippen LogP contribution in [0.15, 0.2) is 18.2 Å². The van der Waals surface area contributed by atoms with Crippen molar-refractivity contribution in [2.75, 3.05) is 26.2 Å². The number of nitrogens with one attached hydrogen (secondary N) is 1. The van der Waals surface area contributed by atoms with Crippen molar-refractivity contribution in [2.24, 2.45) is 0 Å². The van der Waals surface area contributed by atoms with Gasteiger partial charge in [-0.1, -0.05) is 6.07 Å². The fourth-order valence-electron chi connectivity index (χ4n) is 2.30. The van der Waals surface area contributed by atoms with Crippen LogP contribution in [0.4, 0.5) is 8.78 Å². The van der Waals surface area contributed by atoms with Gasteiger partial charge in [0.1, 0.15) is 17.4 Å². The first kappa shape index (κ1) is 13.1. The third kappa shape index (κ3) is 2.91. The van der Waals surface area contributed by atoms with E-state index in [1.165, 1.54) is 19.1 Å². The lowest BCUT2D eigenvalue weighted by Crippen LogP contribution is -2.47. The molecule has 1 aliphatic rings. The van der Waals surface area contributed by atoms with E-state index in [0.29, 0.717) is 25.2 Å². The van der Waals surface area contributed by atoms with Crippen molar-refractivity contribution in [3.8, 4) is 0 Å². The predicted octanol–water partition coefficient (Wildman–Crippen LogP) is 1.50. The van der Waals surface area contributed by atoms with Crippen LogP contribution < -0.4 is 5.32 Å². The molecule has 1 fully saturated rings. The van der Waals surface area contributed by atoms with E-state index in [4.69, 9.17) is 0 Å². The first-order chi connectivity index (χ1) is 8.58. The molecule has 0 spiro atoms. The van der Waals surface area contributed by atoms with E-state index in [0.717, 1.165) is 12.6 Å². The summed E-state index contributed by atoms with van der Waals surface area (Å²) in [6.45, 7) is 3.83. The second-order valence-corrected chi connectivity index (χ2v) is 4.56. The van der Waals surface area contributed by atoms with Crippen LogP contribution in [-0.4, -0.2) is 36.9 Å². The van der Waals surface area contributed by atoms with Gasteiger partial charge in [-0.3, -0.25) is 9.69 Å². The molecule has 1 aromatic rings. The molecule has 0 aromatic heterocycles. The second-order valence-electron chi connectivity index (χ2n) is 4.56. The maximum absolute atomic E-state index is 13.8. The van der Waals surface area contributed by atoms with Crippen molar-refractivity contribution in [1.82, 2.24) is 10.2 Å². The van der Waals surface area contributed by atoms with Gasteiger partial charge in [0.2, 0.25) is 0 Å². The number of carbonyl (C=O) groups is 1. The lowest BCUT2D eigenvalue weighted by molar-refractivity contribution is -0.118. The lowest BCUT2D eigenvalue weighted by atomic mass is 10.0. The molecule has 18 heavy (non-hydrogen) atoms. The van der Waals surface area contributed by atoms with Crippen molar-refractivity contribution in [2.45, 2.75) is 13.0 Å². The standard InChI is InChI=1S/C13H16F2N2O/c1-9(18)8-17-5-4-16-7-13(17)11-3-2-10(14)6-12(11)15/h2-3,6,13,16H,4-5,7-8H2,1H3. The molecule has 0 amide bonds. The number of rotatable bonds is 3. The smallest absolute Gasteiger partial charge is 0.143 e. The number of piperazine rings is 1. The quantitative estimate of drug-likeness (QED) is 0.887. The highest BCUT2D eigenvalue weighted by Gasteiger charge is 2.26. The summed E-state index contributed by atoms with van der Waals surface area (Å²) in [4.78, 5) is 13.1. The van der Waals surface area contributed by atoms with E-state index >= 15 is 0 Å². The summed E-state index contributed by atoms with van der Waals surface area (Å²) in [7, 11) is 0. The number of nitrogens with zero attached hydrogens (tertiary/aromatic N) is 1. The van der Waals surface area contributed by atoms with Crippen LogP contribution in [-0.2, 0) is 4.79 Å². The van der Waals surface area contributed by atoms with Gasteiger partial charge in [-0.2, -0.15) is 0 Å². The van der Waals surface area contributed by atoms with E-state index in [-0.39, 0.29) is 11.8 Å². The van der Waals surface area contributed by atoms with Crippen LogP contribution in [0.3, 0.4) is 0 Å². The molecule has 0 saturated carbocycles. The molecular weight excluding hydrogens is 238 g/mol. The SMILES string of the molecule is CC(=O)CN1CCNCC1c1ccc(F)cc1F. The summed E-state index contributed by atoms with van der Waals surface area (Å²) < 4.78 is 26.7. The number of benzene rings is 1. The summed E-state index contributed by atoms with van der Waals surface area (Å²) in [6.07, 6.45) is 0. The first-order valence-corrected chi connectivity index (χ1v) is 5.97. The highest BCUT2D eigenvalue weighted by molar-refractivity contribution is 5.77. The van der Waals surface area contributed by atoms with Crippen molar-refractivity contribution < 1.29 is 13.6 Å². The van der Waals surface area contributed by atoms with Crippen LogP contribution in [0.25, 0.3) is 0 Å². The van der Waals surface area contributed by atoms with E-state index in [1.807, 2.05) is 4.90 Å². The van der Waals surface area contributed by atoms with Gasteiger partial charge in [0, 0.05) is 31.3 Å². The van der Waals surface area contributed by atoms with Crippen LogP contribution in [0, 0.1) is 11.6 Å². The molecule has 1 heterocycles. The number of hydrogen-bond acceptors (Lipinski definition) is 3. The lowest BCUT2D eigenvalue weighted by Gasteiger charge is -2.35. The van der Waals surface area contributed by atoms with Gasteiger partial charge in [0.15, 0.2) is 0 Å². The Kier molecular flexibility index (Phi) is 4.04. The zero-order valence-corrected chi connectivity index (χ0v) is 10.2. The minimum Gasteiger partial charge on any atom is -0.314 e.